The molecule has 0 saturated heterocycles. The first-order valence-corrected chi connectivity index (χ1v) is 13.2. The number of aromatic nitrogens is 2. The van der Waals surface area contributed by atoms with Crippen LogP contribution in [-0.2, 0) is 6.54 Å². The van der Waals surface area contributed by atoms with Crippen LogP contribution < -0.4 is 4.57 Å². The summed E-state index contributed by atoms with van der Waals surface area (Å²) < 4.78 is 4.72. The predicted octanol–water partition coefficient (Wildman–Crippen LogP) is 8.71. The zero-order valence-electron chi connectivity index (χ0n) is 21.2. The van der Waals surface area contributed by atoms with Crippen LogP contribution in [0.1, 0.15) is 135 Å². The number of hydrogen-bond acceptors (Lipinski definition) is 0. The molecule has 2 nitrogen and oxygen atoms in total. The Labute approximate surface area is 193 Å². The van der Waals surface area contributed by atoms with Gasteiger partial charge < -0.3 is 0 Å². The standard InChI is InChI=1S/C29H49N2/c1-6-7-8-9-10-11-12-13-14-15-16-17-21-30-22-23-31(24-30)29-27(25(2)3)19-18-20-28(29)26(4)5/h18-20,22-26H,6-17,21H2,1-5H3/q+1. The zero-order valence-corrected chi connectivity index (χ0v) is 21.2. The minimum atomic E-state index is 0.529. The van der Waals surface area contributed by atoms with Gasteiger partial charge in [-0.1, -0.05) is 117 Å². The van der Waals surface area contributed by atoms with Crippen molar-refractivity contribution in [1.29, 1.82) is 0 Å². The second-order valence-electron chi connectivity index (χ2n) is 10.0. The summed E-state index contributed by atoms with van der Waals surface area (Å²) in [5.41, 5.74) is 4.28. The second-order valence-corrected chi connectivity index (χ2v) is 10.0. The van der Waals surface area contributed by atoms with Gasteiger partial charge in [0.1, 0.15) is 18.1 Å². The van der Waals surface area contributed by atoms with Crippen LogP contribution in [0, 0.1) is 0 Å². The maximum Gasteiger partial charge on any atom is 0.248 e. The lowest BCUT2D eigenvalue weighted by molar-refractivity contribution is -0.696. The van der Waals surface area contributed by atoms with E-state index in [1.807, 2.05) is 0 Å². The van der Waals surface area contributed by atoms with Gasteiger partial charge in [0.25, 0.3) is 0 Å². The van der Waals surface area contributed by atoms with Crippen molar-refractivity contribution < 1.29 is 4.57 Å². The molecule has 0 N–H and O–H groups in total. The maximum absolute atomic E-state index is 2.37. The average molecular weight is 426 g/mol. The van der Waals surface area contributed by atoms with E-state index in [-0.39, 0.29) is 0 Å². The highest BCUT2D eigenvalue weighted by Crippen LogP contribution is 2.30. The Hall–Kier alpha value is -1.57. The van der Waals surface area contributed by atoms with Gasteiger partial charge in [-0.3, -0.25) is 0 Å². The van der Waals surface area contributed by atoms with Crippen molar-refractivity contribution in [3.8, 4) is 5.69 Å². The van der Waals surface area contributed by atoms with Gasteiger partial charge in [0.05, 0.1) is 6.54 Å². The van der Waals surface area contributed by atoms with E-state index < -0.39 is 0 Å². The Morgan fingerprint density at radius 2 is 1.19 bits per heavy atom. The second kappa shape index (κ2) is 14.5. The van der Waals surface area contributed by atoms with Crippen molar-refractivity contribution in [3.63, 3.8) is 0 Å². The average Bonchev–Trinajstić information content (AvgIpc) is 3.22. The number of imidazole rings is 1. The first-order chi connectivity index (χ1) is 15.0. The molecule has 0 atom stereocenters. The Morgan fingerprint density at radius 1 is 0.710 bits per heavy atom. The molecule has 0 aliphatic carbocycles. The normalized spacial score (nSPS) is 11.7. The molecule has 0 radical (unpaired) electrons. The Kier molecular flexibility index (Phi) is 12.0. The number of unbranched alkanes of at least 4 members (excludes halogenated alkanes) is 11. The summed E-state index contributed by atoms with van der Waals surface area (Å²) >= 11 is 0. The van der Waals surface area contributed by atoms with Gasteiger partial charge in [0.2, 0.25) is 6.33 Å². The molecular weight excluding hydrogens is 376 g/mol. The summed E-state index contributed by atoms with van der Waals surface area (Å²) in [4.78, 5) is 0. The fraction of sp³-hybridized carbons (Fsp3) is 0.690. The van der Waals surface area contributed by atoms with Gasteiger partial charge in [-0.2, -0.15) is 0 Å². The minimum absolute atomic E-state index is 0.529. The molecule has 0 aliphatic rings. The molecule has 2 aromatic rings. The van der Waals surface area contributed by atoms with Crippen molar-refractivity contribution in [2.75, 3.05) is 0 Å². The van der Waals surface area contributed by atoms with E-state index in [0.717, 1.165) is 6.54 Å². The minimum Gasteiger partial charge on any atom is -0.236 e. The molecule has 0 spiro atoms. The van der Waals surface area contributed by atoms with Gasteiger partial charge in [-0.05, 0) is 24.7 Å². The number of hydrogen-bond donors (Lipinski definition) is 0. The molecule has 0 saturated carbocycles. The first kappa shape index (κ1) is 25.7. The van der Waals surface area contributed by atoms with E-state index in [1.54, 1.807) is 0 Å². The van der Waals surface area contributed by atoms with Crippen LogP contribution in [0.2, 0.25) is 0 Å². The third-order valence-electron chi connectivity index (χ3n) is 6.56. The zero-order chi connectivity index (χ0) is 22.5. The molecule has 0 aliphatic heterocycles. The summed E-state index contributed by atoms with van der Waals surface area (Å²) in [6.07, 6.45) is 23.7. The molecule has 31 heavy (non-hydrogen) atoms. The maximum atomic E-state index is 2.37. The molecule has 2 rings (SSSR count). The molecule has 1 heterocycles. The highest BCUT2D eigenvalue weighted by Gasteiger charge is 2.19. The molecule has 174 valence electrons. The van der Waals surface area contributed by atoms with Crippen molar-refractivity contribution in [2.45, 2.75) is 130 Å². The summed E-state index contributed by atoms with van der Waals surface area (Å²) in [6.45, 7) is 12.6. The van der Waals surface area contributed by atoms with Crippen LogP contribution in [0.3, 0.4) is 0 Å². The lowest BCUT2D eigenvalue weighted by atomic mass is 9.92. The Morgan fingerprint density at radius 3 is 1.68 bits per heavy atom. The molecule has 0 bridgehead atoms. The van der Waals surface area contributed by atoms with Crippen LogP contribution in [0.5, 0.6) is 0 Å². The molecule has 0 unspecified atom stereocenters. The smallest absolute Gasteiger partial charge is 0.236 e. The van der Waals surface area contributed by atoms with E-state index in [4.69, 9.17) is 0 Å². The topological polar surface area (TPSA) is 8.81 Å². The third kappa shape index (κ3) is 8.83. The molecule has 2 heteroatoms. The quantitative estimate of drug-likeness (QED) is 0.188. The molecule has 0 fully saturated rings. The van der Waals surface area contributed by atoms with E-state index in [2.05, 4.69) is 80.7 Å². The number of rotatable bonds is 16. The third-order valence-corrected chi connectivity index (χ3v) is 6.56. The highest BCUT2D eigenvalue weighted by atomic mass is 15.1. The lowest BCUT2D eigenvalue weighted by Crippen LogP contribution is -2.30. The van der Waals surface area contributed by atoms with Crippen LogP contribution in [-0.4, -0.2) is 4.57 Å². The number of aryl methyl sites for hydroxylation is 1. The predicted molar refractivity (Wildman–Crippen MR) is 135 cm³/mol. The first-order valence-electron chi connectivity index (χ1n) is 13.2. The van der Waals surface area contributed by atoms with Crippen LogP contribution in [0.4, 0.5) is 0 Å². The SMILES string of the molecule is CCCCCCCCCCCCCC[n+]1ccn(-c2c(C(C)C)cccc2C(C)C)c1. The highest BCUT2D eigenvalue weighted by molar-refractivity contribution is 5.50. The van der Waals surface area contributed by atoms with Crippen LogP contribution in [0.25, 0.3) is 5.69 Å². The molecule has 1 aromatic carbocycles. The number of para-hydroxylation sites is 1. The monoisotopic (exact) mass is 425 g/mol. The summed E-state index contributed by atoms with van der Waals surface area (Å²) in [7, 11) is 0. The van der Waals surface area contributed by atoms with Gasteiger partial charge in [-0.15, -0.1) is 0 Å². The van der Waals surface area contributed by atoms with Crippen molar-refractivity contribution in [3.05, 3.63) is 48.0 Å². The van der Waals surface area contributed by atoms with Crippen LogP contribution >= 0.6 is 0 Å². The number of nitrogens with zero attached hydrogens (tertiary/aromatic N) is 2. The molecule has 1 aromatic heterocycles. The lowest BCUT2D eigenvalue weighted by Gasteiger charge is -2.16. The van der Waals surface area contributed by atoms with Crippen molar-refractivity contribution in [1.82, 2.24) is 4.57 Å². The van der Waals surface area contributed by atoms with E-state index in [0.29, 0.717) is 11.8 Å². The summed E-state index contributed by atoms with van der Waals surface area (Å²) in [6, 6.07) is 6.81. The van der Waals surface area contributed by atoms with Crippen molar-refractivity contribution >= 4 is 0 Å². The fourth-order valence-corrected chi connectivity index (χ4v) is 4.60. The fourth-order valence-electron chi connectivity index (χ4n) is 4.60. The Balaban J connectivity index is 1.72. The summed E-state index contributed by atoms with van der Waals surface area (Å²) in [5.74, 6) is 1.06. The van der Waals surface area contributed by atoms with Crippen molar-refractivity contribution in [2.24, 2.45) is 0 Å². The van der Waals surface area contributed by atoms with Gasteiger partial charge in [0.15, 0.2) is 0 Å². The molecular formula is C29H49N2+. The molecule has 0 amide bonds. The summed E-state index contributed by atoms with van der Waals surface area (Å²) in [5, 5.41) is 0. The Bertz CT molecular complexity index is 700. The van der Waals surface area contributed by atoms with Gasteiger partial charge in [-0.25, -0.2) is 9.13 Å². The van der Waals surface area contributed by atoms with E-state index in [9.17, 15) is 0 Å². The van der Waals surface area contributed by atoms with Crippen LogP contribution in [0.15, 0.2) is 36.9 Å². The van der Waals surface area contributed by atoms with E-state index >= 15 is 0 Å². The van der Waals surface area contributed by atoms with Gasteiger partial charge in [0, 0.05) is 11.1 Å². The van der Waals surface area contributed by atoms with E-state index in [1.165, 1.54) is 93.9 Å². The van der Waals surface area contributed by atoms with Gasteiger partial charge >= 0.3 is 0 Å². The number of benzene rings is 1. The largest absolute Gasteiger partial charge is 0.248 e.